The molecule has 0 aliphatic heterocycles. The average Bonchev–Trinajstić information content (AvgIpc) is 2.87. The second kappa shape index (κ2) is 6.76. The van der Waals surface area contributed by atoms with E-state index in [0.717, 1.165) is 11.3 Å². The largest absolute Gasteiger partial charge is 0.457 e. The van der Waals surface area contributed by atoms with E-state index in [9.17, 15) is 0 Å². The highest BCUT2D eigenvalue weighted by atomic mass is 35.5. The Morgan fingerprint density at radius 3 is 2.70 bits per heavy atom. The van der Waals surface area contributed by atoms with E-state index >= 15 is 0 Å². The van der Waals surface area contributed by atoms with Crippen LogP contribution < -0.4 is 4.74 Å². The molecule has 0 aliphatic rings. The van der Waals surface area contributed by atoms with Gasteiger partial charge in [-0.1, -0.05) is 23.7 Å². The lowest BCUT2D eigenvalue weighted by Gasteiger charge is -2.06. The third-order valence-electron chi connectivity index (χ3n) is 3.04. The summed E-state index contributed by atoms with van der Waals surface area (Å²) in [6.07, 6.45) is 1.70. The molecule has 5 nitrogen and oxygen atoms in total. The summed E-state index contributed by atoms with van der Waals surface area (Å²) in [7, 11) is 0. The lowest BCUT2D eigenvalue weighted by atomic mass is 10.2. The summed E-state index contributed by atoms with van der Waals surface area (Å²) < 4.78 is 7.80. The van der Waals surface area contributed by atoms with Crippen molar-refractivity contribution in [2.24, 2.45) is 5.10 Å². The molecule has 1 N–H and O–H groups in total. The van der Waals surface area contributed by atoms with Crippen LogP contribution in [0.15, 0.2) is 53.6 Å². The lowest BCUT2D eigenvalue weighted by molar-refractivity contribution is 0.482. The zero-order valence-electron chi connectivity index (χ0n) is 12.2. The molecule has 0 saturated carbocycles. The van der Waals surface area contributed by atoms with Gasteiger partial charge in [0.2, 0.25) is 4.77 Å². The number of hydrogen-bond acceptors (Lipinski definition) is 4. The normalized spacial score (nSPS) is 11.0. The van der Waals surface area contributed by atoms with Crippen molar-refractivity contribution in [2.75, 3.05) is 0 Å². The number of H-pyrrole nitrogens is 1. The van der Waals surface area contributed by atoms with Gasteiger partial charge in [-0.05, 0) is 61.1 Å². The van der Waals surface area contributed by atoms with Crippen LogP contribution in [-0.4, -0.2) is 21.1 Å². The molecule has 116 valence electrons. The van der Waals surface area contributed by atoms with Crippen LogP contribution in [0.3, 0.4) is 0 Å². The second-order valence-corrected chi connectivity index (χ2v) is 5.58. The summed E-state index contributed by atoms with van der Waals surface area (Å²) in [5.74, 6) is 2.12. The summed E-state index contributed by atoms with van der Waals surface area (Å²) in [6, 6.07) is 14.8. The monoisotopic (exact) mass is 344 g/mol. The van der Waals surface area contributed by atoms with E-state index in [1.807, 2.05) is 43.3 Å². The number of halogens is 1. The summed E-state index contributed by atoms with van der Waals surface area (Å²) >= 11 is 11.0. The first-order chi connectivity index (χ1) is 11.1. The maximum Gasteiger partial charge on any atom is 0.216 e. The maximum absolute atomic E-state index is 5.86. The first-order valence-electron chi connectivity index (χ1n) is 6.84. The fourth-order valence-electron chi connectivity index (χ4n) is 1.93. The van der Waals surface area contributed by atoms with Crippen molar-refractivity contribution in [1.82, 2.24) is 14.9 Å². The zero-order chi connectivity index (χ0) is 16.2. The van der Waals surface area contributed by atoms with Gasteiger partial charge in [-0.3, -0.25) is 5.10 Å². The Hall–Kier alpha value is -2.44. The van der Waals surface area contributed by atoms with Crippen LogP contribution in [0.4, 0.5) is 0 Å². The molecule has 23 heavy (non-hydrogen) atoms. The average molecular weight is 345 g/mol. The zero-order valence-corrected chi connectivity index (χ0v) is 13.8. The Kier molecular flexibility index (Phi) is 4.55. The van der Waals surface area contributed by atoms with Crippen molar-refractivity contribution in [3.05, 3.63) is 69.7 Å². The van der Waals surface area contributed by atoms with Crippen molar-refractivity contribution in [3.8, 4) is 11.5 Å². The van der Waals surface area contributed by atoms with Crippen molar-refractivity contribution in [3.63, 3.8) is 0 Å². The summed E-state index contributed by atoms with van der Waals surface area (Å²) in [5.41, 5.74) is 0.888. The first kappa shape index (κ1) is 15.5. The third kappa shape index (κ3) is 3.85. The first-order valence-corrected chi connectivity index (χ1v) is 7.62. The van der Waals surface area contributed by atoms with Gasteiger partial charge in [0, 0.05) is 5.02 Å². The summed E-state index contributed by atoms with van der Waals surface area (Å²) in [5, 5.41) is 11.7. The van der Waals surface area contributed by atoms with Gasteiger partial charge >= 0.3 is 0 Å². The van der Waals surface area contributed by atoms with Crippen LogP contribution in [0, 0.1) is 11.7 Å². The molecule has 0 fully saturated rings. The fourth-order valence-corrected chi connectivity index (χ4v) is 2.28. The van der Waals surface area contributed by atoms with Crippen LogP contribution in [0.1, 0.15) is 11.4 Å². The summed E-state index contributed by atoms with van der Waals surface area (Å²) in [6.45, 7) is 1.82. The number of nitrogens with zero attached hydrogens (tertiary/aromatic N) is 3. The molecule has 0 atom stereocenters. The maximum atomic E-state index is 5.86. The van der Waals surface area contributed by atoms with Crippen molar-refractivity contribution in [1.29, 1.82) is 0 Å². The fraction of sp³-hybridized carbons (Fsp3) is 0.0625. The number of ether oxygens (including phenoxy) is 1. The quantitative estimate of drug-likeness (QED) is 0.557. The Morgan fingerprint density at radius 1 is 1.22 bits per heavy atom. The number of rotatable bonds is 4. The molecule has 0 amide bonds. The van der Waals surface area contributed by atoms with Gasteiger partial charge in [-0.25, -0.2) is 0 Å². The Morgan fingerprint density at radius 2 is 2.00 bits per heavy atom. The van der Waals surface area contributed by atoms with E-state index in [4.69, 9.17) is 28.6 Å². The van der Waals surface area contributed by atoms with Crippen LogP contribution in [0.25, 0.3) is 0 Å². The third-order valence-corrected chi connectivity index (χ3v) is 3.56. The standard InChI is InChI=1S/C16H13ClN4OS/c1-11-19-20-16(23)21(11)18-10-12-3-2-4-15(9-12)22-14-7-5-13(17)6-8-14/h2-10H,1H3,(H,20,23)/b18-10-. The van der Waals surface area contributed by atoms with Crippen LogP contribution >= 0.6 is 23.8 Å². The topological polar surface area (TPSA) is 55.2 Å². The van der Waals surface area contributed by atoms with Crippen LogP contribution in [0.5, 0.6) is 11.5 Å². The summed E-state index contributed by atoms with van der Waals surface area (Å²) in [4.78, 5) is 0. The molecule has 0 saturated heterocycles. The smallest absolute Gasteiger partial charge is 0.216 e. The van der Waals surface area contributed by atoms with Crippen LogP contribution in [0.2, 0.25) is 5.02 Å². The molecule has 7 heteroatoms. The van der Waals surface area contributed by atoms with E-state index < -0.39 is 0 Å². The SMILES string of the molecule is Cc1n[nH]c(=S)n1/N=C\c1cccc(Oc2ccc(Cl)cc2)c1. The predicted molar refractivity (Wildman–Crippen MR) is 93.1 cm³/mol. The second-order valence-electron chi connectivity index (χ2n) is 4.76. The van der Waals surface area contributed by atoms with Gasteiger partial charge in [0.1, 0.15) is 17.3 Å². The minimum atomic E-state index is 0.451. The highest BCUT2D eigenvalue weighted by Gasteiger charge is 2.00. The Labute approximate surface area is 143 Å². The highest BCUT2D eigenvalue weighted by molar-refractivity contribution is 7.71. The molecule has 3 aromatic rings. The van der Waals surface area contributed by atoms with Crippen molar-refractivity contribution in [2.45, 2.75) is 6.92 Å². The van der Waals surface area contributed by atoms with Gasteiger partial charge in [-0.15, -0.1) is 0 Å². The number of nitrogens with one attached hydrogen (secondary N) is 1. The van der Waals surface area contributed by atoms with E-state index in [2.05, 4.69) is 15.3 Å². The van der Waals surface area contributed by atoms with Gasteiger partial charge < -0.3 is 4.74 Å². The van der Waals surface area contributed by atoms with E-state index in [0.29, 0.717) is 21.4 Å². The number of benzene rings is 2. The van der Waals surface area contributed by atoms with Gasteiger partial charge in [0.25, 0.3) is 0 Å². The molecule has 0 bridgehead atoms. The van der Waals surface area contributed by atoms with Crippen molar-refractivity contribution >= 4 is 30.0 Å². The van der Waals surface area contributed by atoms with E-state index in [1.165, 1.54) is 0 Å². The number of aryl methyl sites for hydroxylation is 1. The molecule has 0 radical (unpaired) electrons. The molecular formula is C16H13ClN4OS. The number of hydrogen-bond donors (Lipinski definition) is 1. The van der Waals surface area contributed by atoms with Gasteiger partial charge in [0.15, 0.2) is 0 Å². The van der Waals surface area contributed by atoms with Gasteiger partial charge in [-0.2, -0.15) is 14.9 Å². The van der Waals surface area contributed by atoms with Gasteiger partial charge in [0.05, 0.1) is 6.21 Å². The molecule has 0 spiro atoms. The Balaban J connectivity index is 1.80. The molecule has 1 heterocycles. The minimum Gasteiger partial charge on any atom is -0.457 e. The lowest BCUT2D eigenvalue weighted by Crippen LogP contribution is -1.94. The number of aromatic nitrogens is 3. The molecule has 0 aliphatic carbocycles. The van der Waals surface area contributed by atoms with Crippen LogP contribution in [-0.2, 0) is 0 Å². The predicted octanol–water partition coefficient (Wildman–Crippen LogP) is 4.58. The molecule has 2 aromatic carbocycles. The molecule has 3 rings (SSSR count). The van der Waals surface area contributed by atoms with E-state index in [-0.39, 0.29) is 0 Å². The molecule has 1 aromatic heterocycles. The van der Waals surface area contributed by atoms with Crippen molar-refractivity contribution < 1.29 is 4.74 Å². The highest BCUT2D eigenvalue weighted by Crippen LogP contribution is 2.23. The molecule has 0 unspecified atom stereocenters. The minimum absolute atomic E-state index is 0.451. The number of aromatic amines is 1. The molecular weight excluding hydrogens is 332 g/mol. The van der Waals surface area contributed by atoms with E-state index in [1.54, 1.807) is 23.0 Å². The Bertz CT molecular complexity index is 899.